The summed E-state index contributed by atoms with van der Waals surface area (Å²) in [6.07, 6.45) is 0.778. The minimum atomic E-state index is -0.685. The summed E-state index contributed by atoms with van der Waals surface area (Å²) in [5.41, 5.74) is 0. The Morgan fingerprint density at radius 1 is 1.20 bits per heavy atom. The van der Waals surface area contributed by atoms with E-state index in [4.69, 9.17) is 0 Å². The number of thiol groups is 1. The van der Waals surface area contributed by atoms with Gasteiger partial charge in [-0.1, -0.05) is 13.8 Å². The van der Waals surface area contributed by atoms with Crippen molar-refractivity contribution in [3.8, 4) is 0 Å². The quantitative estimate of drug-likeness (QED) is 0.496. The average molecular weight is 160 g/mol. The van der Waals surface area contributed by atoms with E-state index >= 15 is 0 Å². The number of hydrogen-bond acceptors (Lipinski definition) is 3. The fourth-order valence-electron chi connectivity index (χ4n) is 0.566. The smallest absolute Gasteiger partial charge is 0.152 e. The Labute approximate surface area is 66.4 Å². The average Bonchev–Trinajstić information content (AvgIpc) is 2.00. The first kappa shape index (κ1) is 9.69. The van der Waals surface area contributed by atoms with Crippen LogP contribution in [0.25, 0.3) is 0 Å². The molecule has 0 amide bonds. The molecule has 0 bridgehead atoms. The van der Waals surface area contributed by atoms with Gasteiger partial charge in [0, 0.05) is 12.8 Å². The van der Waals surface area contributed by atoms with Crippen LogP contribution in [0.15, 0.2) is 0 Å². The molecule has 3 heteroatoms. The lowest BCUT2D eigenvalue weighted by molar-refractivity contribution is -0.125. The van der Waals surface area contributed by atoms with Gasteiger partial charge in [0.15, 0.2) is 11.6 Å². The van der Waals surface area contributed by atoms with Gasteiger partial charge in [-0.25, -0.2) is 0 Å². The van der Waals surface area contributed by atoms with Crippen LogP contribution < -0.4 is 0 Å². The minimum absolute atomic E-state index is 0.0878. The molecule has 0 aliphatic rings. The van der Waals surface area contributed by atoms with E-state index in [0.717, 1.165) is 0 Å². The molecular weight excluding hydrogens is 148 g/mol. The number of hydrogen-bond donors (Lipinski definition) is 1. The summed E-state index contributed by atoms with van der Waals surface area (Å²) in [5, 5.41) is -0.685. The molecule has 0 N–H and O–H groups in total. The molecule has 2 nitrogen and oxygen atoms in total. The van der Waals surface area contributed by atoms with E-state index in [1.165, 1.54) is 0 Å². The van der Waals surface area contributed by atoms with Crippen LogP contribution in [0.3, 0.4) is 0 Å². The molecule has 0 heterocycles. The first-order valence-corrected chi connectivity index (χ1v) is 3.88. The van der Waals surface area contributed by atoms with Gasteiger partial charge >= 0.3 is 0 Å². The number of ketones is 2. The van der Waals surface area contributed by atoms with Crippen LogP contribution in [-0.2, 0) is 9.59 Å². The van der Waals surface area contributed by atoms with Crippen LogP contribution in [0.4, 0.5) is 0 Å². The van der Waals surface area contributed by atoms with E-state index in [1.807, 2.05) is 0 Å². The molecule has 0 saturated heterocycles. The van der Waals surface area contributed by atoms with Gasteiger partial charge in [0.2, 0.25) is 0 Å². The molecule has 0 unspecified atom stereocenters. The summed E-state index contributed by atoms with van der Waals surface area (Å²) in [4.78, 5) is 21.6. The number of Topliss-reactive ketones (excluding diaryl/α,β-unsaturated/α-hetero) is 2. The first-order valence-electron chi connectivity index (χ1n) is 3.37. The SMILES string of the molecule is CCC(=O)C(S)C(=O)CC. The molecule has 58 valence electrons. The second-order valence-electron chi connectivity index (χ2n) is 2.04. The molecule has 0 radical (unpaired) electrons. The van der Waals surface area contributed by atoms with Gasteiger partial charge in [-0.3, -0.25) is 9.59 Å². The Kier molecular flexibility index (Phi) is 4.36. The second kappa shape index (κ2) is 4.50. The molecule has 0 spiro atoms. The van der Waals surface area contributed by atoms with Crippen molar-refractivity contribution in [2.24, 2.45) is 0 Å². The highest BCUT2D eigenvalue weighted by Crippen LogP contribution is 2.03. The molecule has 0 aliphatic carbocycles. The third-order valence-corrected chi connectivity index (χ3v) is 1.88. The van der Waals surface area contributed by atoms with Crippen molar-refractivity contribution in [2.75, 3.05) is 0 Å². The molecule has 10 heavy (non-hydrogen) atoms. The van der Waals surface area contributed by atoms with Gasteiger partial charge < -0.3 is 0 Å². The van der Waals surface area contributed by atoms with Gasteiger partial charge in [0.25, 0.3) is 0 Å². The third-order valence-electron chi connectivity index (χ3n) is 1.31. The van der Waals surface area contributed by atoms with Crippen molar-refractivity contribution in [2.45, 2.75) is 31.9 Å². The van der Waals surface area contributed by atoms with Crippen molar-refractivity contribution in [1.82, 2.24) is 0 Å². The monoisotopic (exact) mass is 160 g/mol. The van der Waals surface area contributed by atoms with E-state index < -0.39 is 5.25 Å². The van der Waals surface area contributed by atoms with E-state index in [2.05, 4.69) is 12.6 Å². The maximum atomic E-state index is 10.8. The highest BCUT2D eigenvalue weighted by molar-refractivity contribution is 7.82. The second-order valence-corrected chi connectivity index (χ2v) is 2.56. The van der Waals surface area contributed by atoms with Gasteiger partial charge in [-0.2, -0.15) is 12.6 Å². The molecular formula is C7H12O2S. The zero-order valence-electron chi connectivity index (χ0n) is 6.26. The molecule has 0 aliphatic heterocycles. The maximum absolute atomic E-state index is 10.8. The minimum Gasteiger partial charge on any atom is -0.298 e. The van der Waals surface area contributed by atoms with Crippen molar-refractivity contribution >= 4 is 24.2 Å². The molecule has 0 aromatic rings. The fourth-order valence-corrected chi connectivity index (χ4v) is 0.931. The molecule has 0 saturated carbocycles. The van der Waals surface area contributed by atoms with E-state index in [1.54, 1.807) is 13.8 Å². The third kappa shape index (κ3) is 2.52. The highest BCUT2D eigenvalue weighted by atomic mass is 32.1. The van der Waals surface area contributed by atoms with E-state index in [0.29, 0.717) is 12.8 Å². The summed E-state index contributed by atoms with van der Waals surface area (Å²) in [6, 6.07) is 0. The summed E-state index contributed by atoms with van der Waals surface area (Å²) in [6.45, 7) is 3.46. The van der Waals surface area contributed by atoms with Crippen LogP contribution >= 0.6 is 12.6 Å². The molecule has 0 rings (SSSR count). The van der Waals surface area contributed by atoms with Crippen LogP contribution in [0, 0.1) is 0 Å². The van der Waals surface area contributed by atoms with Crippen molar-refractivity contribution in [1.29, 1.82) is 0 Å². The predicted molar refractivity (Wildman–Crippen MR) is 43.4 cm³/mol. The van der Waals surface area contributed by atoms with Crippen molar-refractivity contribution in [3.63, 3.8) is 0 Å². The Hall–Kier alpha value is -0.310. The predicted octanol–water partition coefficient (Wildman–Crippen LogP) is 1.24. The fraction of sp³-hybridized carbons (Fsp3) is 0.714. The largest absolute Gasteiger partial charge is 0.298 e. The Balaban J connectivity index is 3.94. The first-order chi connectivity index (χ1) is 4.63. The van der Waals surface area contributed by atoms with Crippen molar-refractivity contribution < 1.29 is 9.59 Å². The summed E-state index contributed by atoms with van der Waals surface area (Å²) >= 11 is 3.88. The number of rotatable bonds is 4. The lowest BCUT2D eigenvalue weighted by Gasteiger charge is -2.03. The molecule has 0 aromatic heterocycles. The summed E-state index contributed by atoms with van der Waals surface area (Å²) in [5.74, 6) is -0.176. The standard InChI is InChI=1S/C7H12O2S/c1-3-5(8)7(10)6(9)4-2/h7,10H,3-4H2,1-2H3. The zero-order valence-corrected chi connectivity index (χ0v) is 7.15. The zero-order chi connectivity index (χ0) is 8.15. The van der Waals surface area contributed by atoms with Gasteiger partial charge in [-0.05, 0) is 0 Å². The Morgan fingerprint density at radius 3 is 1.70 bits per heavy atom. The lowest BCUT2D eigenvalue weighted by atomic mass is 10.1. The Bertz CT molecular complexity index is 127. The normalized spacial score (nSPS) is 10.0. The van der Waals surface area contributed by atoms with E-state index in [-0.39, 0.29) is 11.6 Å². The summed E-state index contributed by atoms with van der Waals surface area (Å²) in [7, 11) is 0. The molecule has 0 atom stereocenters. The molecule has 0 fully saturated rings. The lowest BCUT2D eigenvalue weighted by Crippen LogP contribution is -2.23. The number of carbonyl (C=O) groups excluding carboxylic acids is 2. The van der Waals surface area contributed by atoms with Crippen molar-refractivity contribution in [3.05, 3.63) is 0 Å². The van der Waals surface area contributed by atoms with Gasteiger partial charge in [0.1, 0.15) is 5.25 Å². The van der Waals surface area contributed by atoms with Crippen LogP contribution in [0.5, 0.6) is 0 Å². The van der Waals surface area contributed by atoms with Crippen LogP contribution in [0.1, 0.15) is 26.7 Å². The van der Waals surface area contributed by atoms with E-state index in [9.17, 15) is 9.59 Å². The van der Waals surface area contributed by atoms with Gasteiger partial charge in [-0.15, -0.1) is 0 Å². The molecule has 0 aromatic carbocycles. The number of carbonyl (C=O) groups is 2. The summed E-state index contributed by atoms with van der Waals surface area (Å²) < 4.78 is 0. The van der Waals surface area contributed by atoms with Crippen LogP contribution in [-0.4, -0.2) is 16.8 Å². The Morgan fingerprint density at radius 2 is 1.50 bits per heavy atom. The highest BCUT2D eigenvalue weighted by Gasteiger charge is 2.17. The maximum Gasteiger partial charge on any atom is 0.152 e. The topological polar surface area (TPSA) is 34.1 Å². The van der Waals surface area contributed by atoms with Gasteiger partial charge in [0.05, 0.1) is 0 Å². The van der Waals surface area contributed by atoms with Crippen LogP contribution in [0.2, 0.25) is 0 Å².